The third-order valence-corrected chi connectivity index (χ3v) is 2.57. The van der Waals surface area contributed by atoms with Crippen LogP contribution in [0.15, 0.2) is 0 Å². The second-order valence-corrected chi connectivity index (χ2v) is 4.79. The summed E-state index contributed by atoms with van der Waals surface area (Å²) in [4.78, 5) is 34.7. The Kier molecular flexibility index (Phi) is 5.52. The van der Waals surface area contributed by atoms with Crippen molar-refractivity contribution in [2.75, 3.05) is 13.5 Å². The van der Waals surface area contributed by atoms with Crippen LogP contribution >= 0.6 is 0 Å². The highest BCUT2D eigenvalue weighted by Crippen LogP contribution is 2.29. The van der Waals surface area contributed by atoms with E-state index >= 15 is 0 Å². The third kappa shape index (κ3) is 4.21. The van der Waals surface area contributed by atoms with E-state index in [2.05, 4.69) is 5.32 Å². The highest BCUT2D eigenvalue weighted by molar-refractivity contribution is 6.48. The van der Waals surface area contributed by atoms with Gasteiger partial charge in [0.2, 0.25) is 0 Å². The Hall–Kier alpha value is -1.61. The molecule has 1 rings (SSSR count). The SMILES string of the molecule is CNCB1OC(=O)CC(CC(=O)O)(C(=O)OC(C)C)O1. The normalized spacial score (nSPS) is 22.6. The smallest absolute Gasteiger partial charge is 0.509 e. The average Bonchev–Trinajstić information content (AvgIpc) is 2.26. The largest absolute Gasteiger partial charge is 0.542 e. The van der Waals surface area contributed by atoms with Crippen molar-refractivity contribution in [2.45, 2.75) is 38.4 Å². The predicted octanol–water partition coefficient (Wildman–Crippen LogP) is -0.638. The number of nitrogens with one attached hydrogen (secondary N) is 1. The molecule has 0 aromatic carbocycles. The van der Waals surface area contributed by atoms with Crippen LogP contribution in [0, 0.1) is 0 Å². The minimum absolute atomic E-state index is 0.141. The first-order valence-corrected chi connectivity index (χ1v) is 6.24. The summed E-state index contributed by atoms with van der Waals surface area (Å²) >= 11 is 0. The molecule has 112 valence electrons. The van der Waals surface area contributed by atoms with Crippen LogP contribution in [-0.4, -0.2) is 55.3 Å². The van der Waals surface area contributed by atoms with E-state index in [1.54, 1.807) is 20.9 Å². The van der Waals surface area contributed by atoms with E-state index in [1.165, 1.54) is 0 Å². The van der Waals surface area contributed by atoms with E-state index in [1.807, 2.05) is 0 Å². The van der Waals surface area contributed by atoms with E-state index in [0.717, 1.165) is 0 Å². The minimum Gasteiger partial charge on any atom is -0.509 e. The van der Waals surface area contributed by atoms with Crippen molar-refractivity contribution in [2.24, 2.45) is 0 Å². The molecular weight excluding hydrogens is 269 g/mol. The van der Waals surface area contributed by atoms with E-state index in [4.69, 9.17) is 19.2 Å². The number of carboxylic acid groups (broad SMARTS) is 1. The number of esters is 1. The molecule has 0 aliphatic carbocycles. The van der Waals surface area contributed by atoms with E-state index in [9.17, 15) is 14.4 Å². The number of ether oxygens (including phenoxy) is 1. The molecule has 8 nitrogen and oxygen atoms in total. The Labute approximate surface area is 116 Å². The first-order valence-electron chi connectivity index (χ1n) is 6.24. The second-order valence-electron chi connectivity index (χ2n) is 4.79. The quantitative estimate of drug-likeness (QED) is 0.490. The number of rotatable bonds is 6. The van der Waals surface area contributed by atoms with Crippen molar-refractivity contribution < 1.29 is 33.5 Å². The number of carbonyl (C=O) groups excluding carboxylic acids is 2. The maximum absolute atomic E-state index is 12.1. The summed E-state index contributed by atoms with van der Waals surface area (Å²) in [6, 6.07) is 0. The van der Waals surface area contributed by atoms with Gasteiger partial charge in [0.05, 0.1) is 18.9 Å². The molecule has 1 aliphatic rings. The number of carbonyl (C=O) groups is 3. The van der Waals surface area contributed by atoms with Gasteiger partial charge in [-0.25, -0.2) is 4.79 Å². The van der Waals surface area contributed by atoms with Gasteiger partial charge >= 0.3 is 19.1 Å². The fraction of sp³-hybridized carbons (Fsp3) is 0.727. The predicted molar refractivity (Wildman–Crippen MR) is 67.7 cm³/mol. The third-order valence-electron chi connectivity index (χ3n) is 2.57. The van der Waals surface area contributed by atoms with E-state index in [0.29, 0.717) is 0 Å². The van der Waals surface area contributed by atoms with Crippen molar-refractivity contribution in [3.8, 4) is 0 Å². The minimum atomic E-state index is -1.84. The lowest BCUT2D eigenvalue weighted by Crippen LogP contribution is -2.57. The molecule has 0 bridgehead atoms. The van der Waals surface area contributed by atoms with Gasteiger partial charge in [-0.2, -0.15) is 0 Å². The molecule has 1 heterocycles. The molecule has 2 N–H and O–H groups in total. The highest BCUT2D eigenvalue weighted by atomic mass is 16.7. The Morgan fingerprint density at radius 1 is 1.55 bits per heavy atom. The van der Waals surface area contributed by atoms with Crippen LogP contribution < -0.4 is 5.32 Å². The second kappa shape index (κ2) is 6.71. The Morgan fingerprint density at radius 3 is 2.70 bits per heavy atom. The molecule has 1 saturated heterocycles. The summed E-state index contributed by atoms with van der Waals surface area (Å²) in [5.74, 6) is -2.82. The Morgan fingerprint density at radius 2 is 2.20 bits per heavy atom. The van der Waals surface area contributed by atoms with Crippen molar-refractivity contribution in [3.63, 3.8) is 0 Å². The van der Waals surface area contributed by atoms with Crippen molar-refractivity contribution in [1.82, 2.24) is 5.32 Å². The monoisotopic (exact) mass is 287 g/mol. The molecule has 9 heteroatoms. The zero-order valence-corrected chi connectivity index (χ0v) is 11.7. The van der Waals surface area contributed by atoms with Crippen LogP contribution in [0.25, 0.3) is 0 Å². The molecule has 0 radical (unpaired) electrons. The topological polar surface area (TPSA) is 111 Å². The summed E-state index contributed by atoms with van der Waals surface area (Å²) < 4.78 is 15.3. The average molecular weight is 287 g/mol. The Bertz CT molecular complexity index is 396. The number of carboxylic acids is 1. The molecule has 20 heavy (non-hydrogen) atoms. The molecule has 0 aromatic heterocycles. The molecule has 0 spiro atoms. The van der Waals surface area contributed by atoms with Gasteiger partial charge < -0.3 is 24.5 Å². The maximum atomic E-state index is 12.1. The molecule has 1 unspecified atom stereocenters. The first kappa shape index (κ1) is 16.4. The molecule has 1 fully saturated rings. The molecule has 1 aliphatic heterocycles. The lowest BCUT2D eigenvalue weighted by Gasteiger charge is -2.36. The lowest BCUT2D eigenvalue weighted by atomic mass is 9.82. The molecule has 0 amide bonds. The van der Waals surface area contributed by atoms with E-state index in [-0.39, 0.29) is 6.44 Å². The zero-order valence-electron chi connectivity index (χ0n) is 11.7. The maximum Gasteiger partial charge on any atom is 0.542 e. The van der Waals surface area contributed by atoms with Gasteiger partial charge in [-0.3, -0.25) is 9.59 Å². The van der Waals surface area contributed by atoms with Gasteiger partial charge in [-0.1, -0.05) is 0 Å². The van der Waals surface area contributed by atoms with Crippen molar-refractivity contribution >= 4 is 25.0 Å². The highest BCUT2D eigenvalue weighted by Gasteiger charge is 2.52. The van der Waals surface area contributed by atoms with Gasteiger partial charge in [0, 0.05) is 6.44 Å². The van der Waals surface area contributed by atoms with Crippen LogP contribution in [0.3, 0.4) is 0 Å². The van der Waals surface area contributed by atoms with Gasteiger partial charge in [0.25, 0.3) is 5.97 Å². The summed E-state index contributed by atoms with van der Waals surface area (Å²) in [6.45, 7) is 3.25. The summed E-state index contributed by atoms with van der Waals surface area (Å²) in [7, 11) is 0.581. The summed E-state index contributed by atoms with van der Waals surface area (Å²) in [5.41, 5.74) is -1.84. The van der Waals surface area contributed by atoms with Crippen LogP contribution in [0.1, 0.15) is 26.7 Å². The van der Waals surface area contributed by atoms with Gasteiger partial charge in [0.1, 0.15) is 0 Å². The zero-order chi connectivity index (χ0) is 15.3. The van der Waals surface area contributed by atoms with Gasteiger partial charge in [0.15, 0.2) is 5.60 Å². The van der Waals surface area contributed by atoms with Crippen LogP contribution in [-0.2, 0) is 28.4 Å². The van der Waals surface area contributed by atoms with Crippen molar-refractivity contribution in [3.05, 3.63) is 0 Å². The Balaban J connectivity index is 2.99. The molecule has 0 saturated carbocycles. The van der Waals surface area contributed by atoms with Gasteiger partial charge in [-0.05, 0) is 20.9 Å². The number of hydrogen-bond donors (Lipinski definition) is 2. The molecule has 0 aromatic rings. The van der Waals surface area contributed by atoms with Crippen molar-refractivity contribution in [1.29, 1.82) is 0 Å². The number of aliphatic carboxylic acids is 1. The summed E-state index contributed by atoms with van der Waals surface area (Å²) in [5, 5.41) is 11.7. The molecular formula is C11H18BNO7. The number of hydrogen-bond acceptors (Lipinski definition) is 7. The van der Waals surface area contributed by atoms with Crippen LogP contribution in [0.4, 0.5) is 0 Å². The van der Waals surface area contributed by atoms with Crippen LogP contribution in [0.2, 0.25) is 0 Å². The fourth-order valence-electron chi connectivity index (χ4n) is 1.85. The lowest BCUT2D eigenvalue weighted by molar-refractivity contribution is -0.182. The standard InChI is InChI=1S/C11H18BNO7/c1-7(2)18-10(17)11(4-8(14)15)5-9(16)19-12(20-11)6-13-3/h7,13H,4-6H2,1-3H3,(H,14,15). The van der Waals surface area contributed by atoms with Gasteiger partial charge in [-0.15, -0.1) is 0 Å². The fourth-order valence-corrected chi connectivity index (χ4v) is 1.85. The first-order chi connectivity index (χ1) is 9.29. The van der Waals surface area contributed by atoms with E-state index < -0.39 is 49.6 Å². The molecule has 1 atom stereocenters. The van der Waals surface area contributed by atoms with Crippen LogP contribution in [0.5, 0.6) is 0 Å². The summed E-state index contributed by atoms with van der Waals surface area (Å²) in [6.07, 6.45) is -1.45.